The molecule has 0 spiro atoms. The van der Waals surface area contributed by atoms with E-state index in [1.54, 1.807) is 38.1 Å². The van der Waals surface area contributed by atoms with Crippen LogP contribution in [0.1, 0.15) is 13.8 Å². The highest BCUT2D eigenvalue weighted by Crippen LogP contribution is 2.39. The van der Waals surface area contributed by atoms with Crippen LogP contribution in [0.2, 0.25) is 5.02 Å². The highest BCUT2D eigenvalue weighted by molar-refractivity contribution is 8.03. The van der Waals surface area contributed by atoms with Crippen LogP contribution in [0.5, 0.6) is 0 Å². The second-order valence-corrected chi connectivity index (χ2v) is 7.17. The highest BCUT2D eigenvalue weighted by atomic mass is 35.5. The van der Waals surface area contributed by atoms with Gasteiger partial charge in [-0.15, -0.1) is 11.8 Å². The molecular formula is C16H16ClN3O3S. The van der Waals surface area contributed by atoms with Crippen LogP contribution in [-0.2, 0) is 14.3 Å². The fourth-order valence-electron chi connectivity index (χ4n) is 2.53. The predicted octanol–water partition coefficient (Wildman–Crippen LogP) is 2.53. The van der Waals surface area contributed by atoms with Crippen LogP contribution in [0.3, 0.4) is 0 Å². The maximum absolute atomic E-state index is 12.8. The fraction of sp³-hybridized carbons (Fsp3) is 0.312. The van der Waals surface area contributed by atoms with Gasteiger partial charge in [0.05, 0.1) is 28.3 Å². The van der Waals surface area contributed by atoms with E-state index in [1.807, 2.05) is 0 Å². The molecule has 1 unspecified atom stereocenters. The number of thioether (sulfide) groups is 1. The van der Waals surface area contributed by atoms with Crippen LogP contribution < -0.4 is 10.7 Å². The average molecular weight is 366 g/mol. The van der Waals surface area contributed by atoms with Crippen molar-refractivity contribution in [3.05, 3.63) is 39.9 Å². The number of carbonyl (C=O) groups is 2. The molecule has 2 aliphatic rings. The van der Waals surface area contributed by atoms with Gasteiger partial charge in [-0.25, -0.2) is 4.79 Å². The van der Waals surface area contributed by atoms with E-state index < -0.39 is 11.9 Å². The normalized spacial score (nSPS) is 20.3. The molecule has 2 aliphatic heterocycles. The Morgan fingerprint density at radius 1 is 1.42 bits per heavy atom. The van der Waals surface area contributed by atoms with Gasteiger partial charge in [-0.3, -0.25) is 4.79 Å². The minimum atomic E-state index is -0.533. The number of hydrazone groups is 1. The Labute approximate surface area is 148 Å². The summed E-state index contributed by atoms with van der Waals surface area (Å²) >= 11 is 7.24. The number of ether oxygens (including phenoxy) is 1. The van der Waals surface area contributed by atoms with Crippen LogP contribution in [0.15, 0.2) is 40.0 Å². The van der Waals surface area contributed by atoms with Crippen LogP contribution in [-0.4, -0.2) is 29.4 Å². The van der Waals surface area contributed by atoms with E-state index in [0.717, 1.165) is 0 Å². The summed E-state index contributed by atoms with van der Waals surface area (Å²) in [6, 6.07) is 6.63. The topological polar surface area (TPSA) is 85.0 Å². The molecule has 0 fully saturated rings. The third-order valence-corrected chi connectivity index (χ3v) is 4.89. The van der Waals surface area contributed by atoms with Gasteiger partial charge in [0.15, 0.2) is 5.71 Å². The third-order valence-electron chi connectivity index (χ3n) is 3.60. The molecule has 0 saturated heterocycles. The van der Waals surface area contributed by atoms with Crippen LogP contribution in [0.4, 0.5) is 5.69 Å². The molecule has 24 heavy (non-hydrogen) atoms. The average Bonchev–Trinajstić information content (AvgIpc) is 2.90. The van der Waals surface area contributed by atoms with Crippen LogP contribution >= 0.6 is 23.4 Å². The second kappa shape index (κ2) is 6.49. The third kappa shape index (κ3) is 3.01. The van der Waals surface area contributed by atoms with E-state index >= 15 is 0 Å². The summed E-state index contributed by atoms with van der Waals surface area (Å²) in [6.45, 7) is 3.52. The zero-order valence-electron chi connectivity index (χ0n) is 13.2. The van der Waals surface area contributed by atoms with E-state index in [1.165, 1.54) is 16.8 Å². The monoisotopic (exact) mass is 365 g/mol. The number of rotatable bonds is 3. The van der Waals surface area contributed by atoms with Crippen molar-refractivity contribution in [3.63, 3.8) is 0 Å². The van der Waals surface area contributed by atoms with Gasteiger partial charge in [-0.05, 0) is 38.1 Å². The number of fused-ring (bicyclic) bond motifs is 1. The minimum Gasteiger partial charge on any atom is -0.458 e. The lowest BCUT2D eigenvalue weighted by molar-refractivity contribution is -0.139. The molecule has 2 N–H and O–H groups in total. The Balaban J connectivity index is 2.06. The lowest BCUT2D eigenvalue weighted by Gasteiger charge is -2.28. The number of halogens is 1. The molecule has 0 aliphatic carbocycles. The van der Waals surface area contributed by atoms with E-state index in [9.17, 15) is 9.59 Å². The minimum absolute atomic E-state index is 0.196. The lowest BCUT2D eigenvalue weighted by atomic mass is 9.94. The number of nitrogens with two attached hydrogens (primary N) is 1. The summed E-state index contributed by atoms with van der Waals surface area (Å²) in [6.07, 6.45) is -0.277. The molecular weight excluding hydrogens is 350 g/mol. The van der Waals surface area contributed by atoms with Gasteiger partial charge < -0.3 is 10.5 Å². The summed E-state index contributed by atoms with van der Waals surface area (Å²) in [5.41, 5.74) is 7.08. The van der Waals surface area contributed by atoms with Crippen molar-refractivity contribution >= 4 is 46.6 Å². The summed E-state index contributed by atoms with van der Waals surface area (Å²) in [5.74, 6) is -0.787. The SMILES string of the molecule is CC(C)OC(=O)C1=NN(c2ccc(Cl)cc2)C(=O)C2=C(N)SCC12. The van der Waals surface area contributed by atoms with Gasteiger partial charge >= 0.3 is 5.97 Å². The van der Waals surface area contributed by atoms with Gasteiger partial charge in [0.2, 0.25) is 0 Å². The zero-order chi connectivity index (χ0) is 17.4. The summed E-state index contributed by atoms with van der Waals surface area (Å²) in [4.78, 5) is 25.2. The van der Waals surface area contributed by atoms with E-state index in [4.69, 9.17) is 22.1 Å². The number of hydrogen-bond donors (Lipinski definition) is 1. The standard InChI is InChI=1S/C16H16ClN3O3S/c1-8(2)23-16(22)13-11-7-24-14(18)12(11)15(21)20(19-13)10-5-3-9(17)4-6-10/h3-6,8,11H,7,18H2,1-2H3. The molecule has 8 heteroatoms. The number of esters is 1. The van der Waals surface area contributed by atoms with Gasteiger partial charge in [-0.1, -0.05) is 11.6 Å². The molecule has 2 heterocycles. The number of benzene rings is 1. The molecule has 1 aromatic rings. The van der Waals surface area contributed by atoms with Crippen molar-refractivity contribution in [2.45, 2.75) is 20.0 Å². The molecule has 1 atom stereocenters. The number of nitrogens with zero attached hydrogens (tertiary/aromatic N) is 2. The molecule has 0 saturated carbocycles. The molecule has 0 radical (unpaired) electrons. The van der Waals surface area contributed by atoms with Crippen molar-refractivity contribution in [2.24, 2.45) is 16.8 Å². The van der Waals surface area contributed by atoms with Gasteiger partial charge in [0.25, 0.3) is 5.91 Å². The number of hydrogen-bond acceptors (Lipinski definition) is 6. The Morgan fingerprint density at radius 2 is 2.08 bits per heavy atom. The summed E-state index contributed by atoms with van der Waals surface area (Å²) in [5, 5.41) is 6.42. The highest BCUT2D eigenvalue weighted by Gasteiger charge is 2.44. The zero-order valence-corrected chi connectivity index (χ0v) is 14.7. The summed E-state index contributed by atoms with van der Waals surface area (Å²) in [7, 11) is 0. The second-order valence-electron chi connectivity index (χ2n) is 5.67. The first kappa shape index (κ1) is 16.9. The maximum atomic E-state index is 12.8. The Hall–Kier alpha value is -1.99. The molecule has 3 rings (SSSR count). The van der Waals surface area contributed by atoms with Gasteiger partial charge in [0, 0.05) is 10.8 Å². The molecule has 6 nitrogen and oxygen atoms in total. The maximum Gasteiger partial charge on any atom is 0.355 e. The largest absolute Gasteiger partial charge is 0.458 e. The lowest BCUT2D eigenvalue weighted by Crippen LogP contribution is -2.43. The van der Waals surface area contributed by atoms with Crippen molar-refractivity contribution < 1.29 is 14.3 Å². The van der Waals surface area contributed by atoms with Crippen molar-refractivity contribution in [1.29, 1.82) is 0 Å². The molecule has 126 valence electrons. The molecule has 0 aromatic heterocycles. The van der Waals surface area contributed by atoms with Crippen molar-refractivity contribution in [1.82, 2.24) is 0 Å². The van der Waals surface area contributed by atoms with E-state index in [2.05, 4.69) is 5.10 Å². The van der Waals surface area contributed by atoms with Gasteiger partial charge in [0.1, 0.15) is 0 Å². The number of amides is 1. The Kier molecular flexibility index (Phi) is 4.56. The first-order valence-electron chi connectivity index (χ1n) is 7.40. The quantitative estimate of drug-likeness (QED) is 0.832. The molecule has 1 aromatic carbocycles. The van der Waals surface area contributed by atoms with Crippen molar-refractivity contribution in [3.8, 4) is 0 Å². The Morgan fingerprint density at radius 3 is 2.71 bits per heavy atom. The Bertz CT molecular complexity index is 758. The van der Waals surface area contributed by atoms with Gasteiger partial charge in [-0.2, -0.15) is 10.1 Å². The van der Waals surface area contributed by atoms with E-state index in [0.29, 0.717) is 27.1 Å². The van der Waals surface area contributed by atoms with E-state index in [-0.39, 0.29) is 17.7 Å². The first-order chi connectivity index (χ1) is 11.4. The van der Waals surface area contributed by atoms with Crippen LogP contribution in [0.25, 0.3) is 0 Å². The van der Waals surface area contributed by atoms with Crippen molar-refractivity contribution in [2.75, 3.05) is 10.8 Å². The first-order valence-corrected chi connectivity index (χ1v) is 8.76. The predicted molar refractivity (Wildman–Crippen MR) is 94.8 cm³/mol. The smallest absolute Gasteiger partial charge is 0.355 e. The van der Waals surface area contributed by atoms with Crippen LogP contribution in [0, 0.1) is 5.92 Å². The fourth-order valence-corrected chi connectivity index (χ4v) is 3.71. The molecule has 0 bridgehead atoms. The summed E-state index contributed by atoms with van der Waals surface area (Å²) < 4.78 is 5.27. The molecule has 1 amide bonds. The number of carbonyl (C=O) groups excluding carboxylic acids is 2. The number of anilines is 1.